The van der Waals surface area contributed by atoms with Gasteiger partial charge in [0.15, 0.2) is 12.6 Å². The highest BCUT2D eigenvalue weighted by Crippen LogP contribution is 2.31. The van der Waals surface area contributed by atoms with Crippen molar-refractivity contribution in [2.45, 2.75) is 12.8 Å². The summed E-state index contributed by atoms with van der Waals surface area (Å²) in [6.07, 6.45) is 1.85. The number of anilines is 1. The molecule has 1 aliphatic rings. The second-order valence-electron chi connectivity index (χ2n) is 6.73. The molecule has 0 atom stereocenters. The molecule has 0 saturated heterocycles. The Bertz CT molecular complexity index is 644. The van der Waals surface area contributed by atoms with E-state index in [1.165, 1.54) is 0 Å². The lowest BCUT2D eigenvalue weighted by atomic mass is 10.2. The fourth-order valence-corrected chi connectivity index (χ4v) is 3.02. The van der Waals surface area contributed by atoms with Gasteiger partial charge in [-0.1, -0.05) is 12.1 Å². The molecule has 0 fully saturated rings. The number of guanidine groups is 1. The molecule has 9 heteroatoms. The fraction of sp³-hybridized carbons (Fsp3) is 0.600. The Balaban J connectivity index is 0.00000420. The second kappa shape index (κ2) is 14.4. The molecule has 1 amide bonds. The van der Waals surface area contributed by atoms with Crippen LogP contribution in [0.15, 0.2) is 29.3 Å². The van der Waals surface area contributed by atoms with Gasteiger partial charge in [0.05, 0.1) is 5.69 Å². The first-order valence-electron chi connectivity index (χ1n) is 9.80. The van der Waals surface area contributed by atoms with Crippen LogP contribution in [0.1, 0.15) is 12.8 Å². The van der Waals surface area contributed by atoms with Crippen LogP contribution in [0.5, 0.6) is 5.75 Å². The van der Waals surface area contributed by atoms with E-state index in [1.54, 1.807) is 19.1 Å². The summed E-state index contributed by atoms with van der Waals surface area (Å²) < 4.78 is 10.5. The third-order valence-electron chi connectivity index (χ3n) is 4.56. The van der Waals surface area contributed by atoms with E-state index >= 15 is 0 Å². The van der Waals surface area contributed by atoms with Gasteiger partial charge in [0, 0.05) is 53.5 Å². The first-order valence-corrected chi connectivity index (χ1v) is 9.80. The van der Waals surface area contributed by atoms with E-state index in [9.17, 15) is 4.79 Å². The molecule has 0 unspecified atom stereocenters. The normalized spacial score (nSPS) is 13.6. The van der Waals surface area contributed by atoms with Gasteiger partial charge in [-0.2, -0.15) is 0 Å². The number of nitrogens with zero attached hydrogens (tertiary/aromatic N) is 3. The van der Waals surface area contributed by atoms with E-state index in [1.807, 2.05) is 24.3 Å². The van der Waals surface area contributed by atoms with Gasteiger partial charge in [-0.3, -0.25) is 9.79 Å². The number of rotatable bonds is 11. The van der Waals surface area contributed by atoms with Gasteiger partial charge in [-0.25, -0.2) is 0 Å². The van der Waals surface area contributed by atoms with E-state index < -0.39 is 0 Å². The van der Waals surface area contributed by atoms with E-state index in [4.69, 9.17) is 9.47 Å². The molecular formula is C20H34IN5O3. The number of halogens is 1. The average Bonchev–Trinajstić information content (AvgIpc) is 2.71. The van der Waals surface area contributed by atoms with Crippen LogP contribution in [0.2, 0.25) is 0 Å². The minimum Gasteiger partial charge on any atom is -0.482 e. The highest BCUT2D eigenvalue weighted by Gasteiger charge is 2.24. The van der Waals surface area contributed by atoms with Gasteiger partial charge in [0.25, 0.3) is 5.91 Å². The molecule has 2 rings (SSSR count). The van der Waals surface area contributed by atoms with Gasteiger partial charge in [-0.05, 0) is 32.0 Å². The van der Waals surface area contributed by atoms with Crippen molar-refractivity contribution >= 4 is 41.5 Å². The lowest BCUT2D eigenvalue weighted by Crippen LogP contribution is -2.43. The van der Waals surface area contributed by atoms with Crippen LogP contribution < -0.4 is 20.3 Å². The number of likely N-dealkylation sites (N-methyl/N-ethyl adjacent to an activating group) is 1. The molecule has 1 aromatic carbocycles. The highest BCUT2D eigenvalue weighted by molar-refractivity contribution is 14.0. The number of amides is 1. The third-order valence-corrected chi connectivity index (χ3v) is 4.56. The third kappa shape index (κ3) is 8.75. The standard InChI is InChI=1S/C20H33N5O3.HI/c1-21-20(23-11-14-24(2)12-7-15-27-3)22-10-6-13-25-17-8-4-5-9-18(17)28-16-19(25)26;/h4-5,8-9H,6-7,10-16H2,1-3H3,(H2,21,22,23);1H. The van der Waals surface area contributed by atoms with Crippen molar-refractivity contribution in [2.75, 3.05) is 72.0 Å². The zero-order valence-electron chi connectivity index (χ0n) is 17.6. The van der Waals surface area contributed by atoms with Gasteiger partial charge < -0.3 is 29.9 Å². The van der Waals surface area contributed by atoms with Crippen molar-refractivity contribution < 1.29 is 14.3 Å². The fourth-order valence-electron chi connectivity index (χ4n) is 3.02. The number of nitrogens with one attached hydrogen (secondary N) is 2. The Labute approximate surface area is 191 Å². The lowest BCUT2D eigenvalue weighted by molar-refractivity contribution is -0.121. The Morgan fingerprint density at radius 1 is 1.24 bits per heavy atom. The van der Waals surface area contributed by atoms with E-state index in [0.717, 1.165) is 63.0 Å². The number of aliphatic imine (C=N–C) groups is 1. The zero-order chi connectivity index (χ0) is 20.2. The Hall–Kier alpha value is -1.59. The Morgan fingerprint density at radius 3 is 2.76 bits per heavy atom. The number of ether oxygens (including phenoxy) is 2. The minimum absolute atomic E-state index is 0. The predicted molar refractivity (Wildman–Crippen MR) is 128 cm³/mol. The summed E-state index contributed by atoms with van der Waals surface area (Å²) in [5, 5.41) is 6.62. The molecular weight excluding hydrogens is 485 g/mol. The number of hydrogen-bond donors (Lipinski definition) is 2. The maximum absolute atomic E-state index is 12.2. The maximum atomic E-state index is 12.2. The number of hydrogen-bond acceptors (Lipinski definition) is 5. The van der Waals surface area contributed by atoms with Gasteiger partial charge in [0.1, 0.15) is 5.75 Å². The number of carbonyl (C=O) groups is 1. The SMILES string of the molecule is CN=C(NCCCN1C(=O)COc2ccccc21)NCCN(C)CCCOC.I. The van der Waals surface area contributed by atoms with Crippen LogP contribution in [0, 0.1) is 0 Å². The molecule has 1 heterocycles. The largest absolute Gasteiger partial charge is 0.482 e. The van der Waals surface area contributed by atoms with E-state index in [-0.39, 0.29) is 36.5 Å². The van der Waals surface area contributed by atoms with Crippen molar-refractivity contribution in [3.63, 3.8) is 0 Å². The quantitative estimate of drug-likeness (QED) is 0.200. The van der Waals surface area contributed by atoms with Gasteiger partial charge >= 0.3 is 0 Å². The molecule has 0 spiro atoms. The molecule has 2 N–H and O–H groups in total. The van der Waals surface area contributed by atoms with Crippen molar-refractivity contribution in [3.05, 3.63) is 24.3 Å². The topological polar surface area (TPSA) is 78.4 Å². The number of carbonyl (C=O) groups excluding carboxylic acids is 1. The van der Waals surface area contributed by atoms with Crippen LogP contribution in [0.4, 0.5) is 5.69 Å². The Morgan fingerprint density at radius 2 is 2.00 bits per heavy atom. The molecule has 164 valence electrons. The monoisotopic (exact) mass is 519 g/mol. The van der Waals surface area contributed by atoms with Crippen LogP contribution in [0.3, 0.4) is 0 Å². The molecule has 0 bridgehead atoms. The second-order valence-corrected chi connectivity index (χ2v) is 6.73. The van der Waals surface area contributed by atoms with Crippen molar-refractivity contribution in [3.8, 4) is 5.75 Å². The number of para-hydroxylation sites is 2. The number of benzene rings is 1. The van der Waals surface area contributed by atoms with Gasteiger partial charge in [0.2, 0.25) is 0 Å². The van der Waals surface area contributed by atoms with E-state index in [2.05, 4.69) is 27.6 Å². The summed E-state index contributed by atoms with van der Waals surface area (Å²) in [5.74, 6) is 1.54. The van der Waals surface area contributed by atoms with Crippen LogP contribution >= 0.6 is 24.0 Å². The summed E-state index contributed by atoms with van der Waals surface area (Å²) in [6, 6.07) is 7.65. The molecule has 0 aromatic heterocycles. The Kier molecular flexibility index (Phi) is 12.6. The molecule has 0 saturated carbocycles. The lowest BCUT2D eigenvalue weighted by Gasteiger charge is -2.29. The predicted octanol–water partition coefficient (Wildman–Crippen LogP) is 1.55. The summed E-state index contributed by atoms with van der Waals surface area (Å²) in [6.45, 7) is 5.03. The average molecular weight is 519 g/mol. The first kappa shape index (κ1) is 25.4. The molecule has 8 nitrogen and oxygen atoms in total. The number of methoxy groups -OCH3 is 1. The van der Waals surface area contributed by atoms with Crippen molar-refractivity contribution in [1.82, 2.24) is 15.5 Å². The summed E-state index contributed by atoms with van der Waals surface area (Å²) in [7, 11) is 5.59. The first-order chi connectivity index (χ1) is 13.7. The summed E-state index contributed by atoms with van der Waals surface area (Å²) >= 11 is 0. The van der Waals surface area contributed by atoms with Gasteiger partial charge in [-0.15, -0.1) is 24.0 Å². The molecule has 1 aliphatic heterocycles. The van der Waals surface area contributed by atoms with Crippen LogP contribution in [-0.2, 0) is 9.53 Å². The number of fused-ring (bicyclic) bond motifs is 1. The maximum Gasteiger partial charge on any atom is 0.265 e. The highest BCUT2D eigenvalue weighted by atomic mass is 127. The summed E-state index contributed by atoms with van der Waals surface area (Å²) in [4.78, 5) is 20.5. The molecule has 0 aliphatic carbocycles. The van der Waals surface area contributed by atoms with E-state index in [0.29, 0.717) is 6.54 Å². The zero-order valence-corrected chi connectivity index (χ0v) is 20.0. The van der Waals surface area contributed by atoms with Crippen LogP contribution in [0.25, 0.3) is 0 Å². The van der Waals surface area contributed by atoms with Crippen LogP contribution in [-0.4, -0.2) is 83.9 Å². The van der Waals surface area contributed by atoms with Crippen molar-refractivity contribution in [2.24, 2.45) is 4.99 Å². The smallest absolute Gasteiger partial charge is 0.265 e. The summed E-state index contributed by atoms with van der Waals surface area (Å²) in [5.41, 5.74) is 0.845. The molecule has 1 aromatic rings. The minimum atomic E-state index is -0.00211. The molecule has 0 radical (unpaired) electrons. The molecule has 29 heavy (non-hydrogen) atoms. The van der Waals surface area contributed by atoms with Crippen molar-refractivity contribution in [1.29, 1.82) is 0 Å².